The average molecular weight is 305 g/mol. The summed E-state index contributed by atoms with van der Waals surface area (Å²) >= 11 is 5.43. The van der Waals surface area contributed by atoms with Crippen molar-refractivity contribution < 1.29 is 4.57 Å². The lowest BCUT2D eigenvalue weighted by molar-refractivity contribution is -0.668. The second-order valence-corrected chi connectivity index (χ2v) is 6.20. The summed E-state index contributed by atoms with van der Waals surface area (Å²) in [6.07, 6.45) is 0. The number of para-hydroxylation sites is 1. The molecule has 0 aliphatic carbocycles. The topological polar surface area (TPSA) is 3.88 Å². The summed E-state index contributed by atoms with van der Waals surface area (Å²) in [5, 5.41) is 0. The second-order valence-electron chi connectivity index (χ2n) is 3.89. The van der Waals surface area contributed by atoms with Gasteiger partial charge in [-0.2, -0.15) is 4.57 Å². The van der Waals surface area contributed by atoms with Gasteiger partial charge in [-0.05, 0) is 6.07 Å². The molecule has 0 aliphatic heterocycles. The fourth-order valence-corrected chi connectivity index (χ4v) is 3.64. The van der Waals surface area contributed by atoms with Gasteiger partial charge in [-0.1, -0.05) is 53.8 Å². The molecule has 1 heterocycles. The summed E-state index contributed by atoms with van der Waals surface area (Å²) in [6, 6.07) is 19.0. The molecule has 0 spiro atoms. The third-order valence-electron chi connectivity index (χ3n) is 2.75. The van der Waals surface area contributed by atoms with Crippen LogP contribution < -0.4 is 4.57 Å². The normalized spacial score (nSPS) is 10.9. The van der Waals surface area contributed by atoms with Crippen molar-refractivity contribution in [2.45, 2.75) is 6.54 Å². The molecule has 0 N–H and O–H groups in total. The average Bonchev–Trinajstić information content (AvgIpc) is 2.68. The van der Waals surface area contributed by atoms with Gasteiger partial charge in [-0.25, -0.2) is 0 Å². The molecule has 1 nitrogen and oxygen atoms in total. The number of thiazole rings is 1. The zero-order valence-corrected chi connectivity index (χ0v) is 11.5. The van der Waals surface area contributed by atoms with Gasteiger partial charge < -0.3 is 0 Å². The lowest BCUT2D eigenvalue weighted by Gasteiger charge is -1.96. The van der Waals surface area contributed by atoms with E-state index in [0.29, 0.717) is 0 Å². The van der Waals surface area contributed by atoms with Crippen molar-refractivity contribution in [3.63, 3.8) is 0 Å². The summed E-state index contributed by atoms with van der Waals surface area (Å²) in [4.78, 5) is 0. The first-order valence-corrected chi connectivity index (χ1v) is 7.06. The molecule has 1 aromatic heterocycles. The van der Waals surface area contributed by atoms with Gasteiger partial charge >= 0.3 is 3.92 Å². The molecule has 0 atom stereocenters. The number of halogens is 1. The summed E-state index contributed by atoms with van der Waals surface area (Å²) in [5.74, 6) is 0. The van der Waals surface area contributed by atoms with Crippen LogP contribution in [0.4, 0.5) is 0 Å². The van der Waals surface area contributed by atoms with Gasteiger partial charge in [0.1, 0.15) is 4.70 Å². The van der Waals surface area contributed by atoms with Crippen LogP contribution in [0, 0.1) is 0 Å². The summed E-state index contributed by atoms with van der Waals surface area (Å²) < 4.78 is 4.79. The van der Waals surface area contributed by atoms with Crippen LogP contribution in [0.15, 0.2) is 58.5 Å². The highest BCUT2D eigenvalue weighted by Gasteiger charge is 2.17. The van der Waals surface area contributed by atoms with Crippen LogP contribution in [0.2, 0.25) is 0 Å². The Labute approximate surface area is 112 Å². The first-order chi connectivity index (χ1) is 8.34. The van der Waals surface area contributed by atoms with Crippen LogP contribution in [0.1, 0.15) is 5.56 Å². The molecular formula is C14H11BrNS+. The monoisotopic (exact) mass is 304 g/mol. The second kappa shape index (κ2) is 4.59. The highest BCUT2D eigenvalue weighted by molar-refractivity contribution is 9.11. The first-order valence-electron chi connectivity index (χ1n) is 5.45. The molecule has 0 bridgehead atoms. The lowest BCUT2D eigenvalue weighted by Crippen LogP contribution is -2.33. The van der Waals surface area contributed by atoms with E-state index in [2.05, 4.69) is 75.1 Å². The van der Waals surface area contributed by atoms with E-state index < -0.39 is 0 Å². The Morgan fingerprint density at radius 3 is 2.47 bits per heavy atom. The van der Waals surface area contributed by atoms with E-state index in [1.54, 1.807) is 11.3 Å². The van der Waals surface area contributed by atoms with Crippen LogP contribution in [-0.4, -0.2) is 0 Å². The summed E-state index contributed by atoms with van der Waals surface area (Å²) in [7, 11) is 0. The van der Waals surface area contributed by atoms with Crippen molar-refractivity contribution in [2.24, 2.45) is 0 Å². The van der Waals surface area contributed by atoms with E-state index in [1.807, 2.05) is 0 Å². The zero-order valence-electron chi connectivity index (χ0n) is 9.14. The maximum atomic E-state index is 3.65. The van der Waals surface area contributed by atoms with Gasteiger partial charge in [0.15, 0.2) is 6.54 Å². The van der Waals surface area contributed by atoms with Crippen LogP contribution >= 0.6 is 27.3 Å². The Balaban J connectivity index is 2.08. The standard InChI is InChI=1S/C14H11BrNS/c15-14-16(10-11-6-2-1-3-7-11)12-8-4-5-9-13(12)17-14/h1-9H,10H2/q+1. The molecule has 3 rings (SSSR count). The maximum Gasteiger partial charge on any atom is 0.306 e. The number of benzene rings is 2. The number of nitrogens with zero attached hydrogens (tertiary/aromatic N) is 1. The van der Waals surface area contributed by atoms with Crippen LogP contribution in [-0.2, 0) is 6.54 Å². The van der Waals surface area contributed by atoms with Crippen LogP contribution in [0.3, 0.4) is 0 Å². The third-order valence-corrected chi connectivity index (χ3v) is 4.61. The largest absolute Gasteiger partial charge is 0.306 e. The van der Waals surface area contributed by atoms with Crippen LogP contribution in [0.25, 0.3) is 10.2 Å². The molecule has 0 aliphatic rings. The Bertz CT molecular complexity index is 646. The molecule has 0 fully saturated rings. The van der Waals surface area contributed by atoms with E-state index in [9.17, 15) is 0 Å². The number of aromatic nitrogens is 1. The molecular weight excluding hydrogens is 294 g/mol. The SMILES string of the molecule is Brc1sc2ccccc2[n+]1Cc1ccccc1. The molecule has 0 saturated heterocycles. The number of hydrogen-bond donors (Lipinski definition) is 0. The van der Waals surface area contributed by atoms with Gasteiger partial charge in [0.2, 0.25) is 5.52 Å². The Morgan fingerprint density at radius 2 is 1.65 bits per heavy atom. The van der Waals surface area contributed by atoms with Crippen molar-refractivity contribution >= 4 is 37.5 Å². The Kier molecular flexibility index (Phi) is 2.95. The fraction of sp³-hybridized carbons (Fsp3) is 0.0714. The molecule has 2 aromatic carbocycles. The molecule has 3 aromatic rings. The highest BCUT2D eigenvalue weighted by Crippen LogP contribution is 2.24. The maximum absolute atomic E-state index is 3.65. The molecule has 17 heavy (non-hydrogen) atoms. The van der Waals surface area contributed by atoms with Crippen molar-refractivity contribution in [3.8, 4) is 0 Å². The number of hydrogen-bond acceptors (Lipinski definition) is 1. The van der Waals surface area contributed by atoms with Crippen molar-refractivity contribution in [1.82, 2.24) is 0 Å². The van der Waals surface area contributed by atoms with Crippen molar-refractivity contribution in [2.75, 3.05) is 0 Å². The van der Waals surface area contributed by atoms with Crippen molar-refractivity contribution in [3.05, 3.63) is 64.1 Å². The smallest absolute Gasteiger partial charge is 0.172 e. The van der Waals surface area contributed by atoms with E-state index in [0.717, 1.165) is 6.54 Å². The van der Waals surface area contributed by atoms with E-state index in [1.165, 1.54) is 19.7 Å². The fourth-order valence-electron chi connectivity index (χ4n) is 1.92. The molecule has 3 heteroatoms. The molecule has 84 valence electrons. The quantitative estimate of drug-likeness (QED) is 0.630. The summed E-state index contributed by atoms with van der Waals surface area (Å²) in [5.41, 5.74) is 2.61. The van der Waals surface area contributed by atoms with Crippen molar-refractivity contribution in [1.29, 1.82) is 0 Å². The predicted molar refractivity (Wildman–Crippen MR) is 75.3 cm³/mol. The molecule has 0 saturated carbocycles. The van der Waals surface area contributed by atoms with Gasteiger partial charge in [-0.15, -0.1) is 0 Å². The Hall–Kier alpha value is -1.19. The Morgan fingerprint density at radius 1 is 0.941 bits per heavy atom. The van der Waals surface area contributed by atoms with Gasteiger partial charge in [0.05, 0.1) is 0 Å². The minimum atomic E-state index is 0.908. The van der Waals surface area contributed by atoms with Gasteiger partial charge in [0, 0.05) is 27.6 Å². The number of fused-ring (bicyclic) bond motifs is 1. The first kappa shape index (κ1) is 10.9. The van der Waals surface area contributed by atoms with Crippen LogP contribution in [0.5, 0.6) is 0 Å². The predicted octanol–water partition coefficient (Wildman–Crippen LogP) is 4.00. The molecule has 0 radical (unpaired) electrons. The molecule has 0 unspecified atom stereocenters. The van der Waals surface area contributed by atoms with E-state index in [4.69, 9.17) is 0 Å². The van der Waals surface area contributed by atoms with Gasteiger partial charge in [-0.3, -0.25) is 0 Å². The minimum Gasteiger partial charge on any atom is -0.172 e. The minimum absolute atomic E-state index is 0.908. The number of rotatable bonds is 2. The zero-order chi connectivity index (χ0) is 11.7. The third kappa shape index (κ3) is 2.13. The van der Waals surface area contributed by atoms with Gasteiger partial charge in [0.25, 0.3) is 0 Å². The summed E-state index contributed by atoms with van der Waals surface area (Å²) in [6.45, 7) is 0.908. The molecule has 0 amide bonds. The van der Waals surface area contributed by atoms with E-state index in [-0.39, 0.29) is 0 Å². The van der Waals surface area contributed by atoms with E-state index >= 15 is 0 Å². The highest BCUT2D eigenvalue weighted by atomic mass is 79.9. The lowest BCUT2D eigenvalue weighted by atomic mass is 10.2.